The number of ketones is 1. The van der Waals surface area contributed by atoms with Gasteiger partial charge in [-0.2, -0.15) is 0 Å². The van der Waals surface area contributed by atoms with Crippen molar-refractivity contribution in [3.05, 3.63) is 113 Å². The molecule has 0 atom stereocenters. The van der Waals surface area contributed by atoms with Gasteiger partial charge >= 0.3 is 0 Å². The lowest BCUT2D eigenvalue weighted by atomic mass is 10.0. The molecule has 4 rings (SSSR count). The van der Waals surface area contributed by atoms with E-state index in [-0.39, 0.29) is 5.78 Å². The molecule has 0 fully saturated rings. The molecule has 0 aliphatic carbocycles. The third-order valence-electron chi connectivity index (χ3n) is 5.11. The number of benzene rings is 3. The minimum absolute atomic E-state index is 0.168. The van der Waals surface area contributed by atoms with Crippen molar-refractivity contribution in [3.63, 3.8) is 0 Å². The largest absolute Gasteiger partial charge is 0.396 e. The predicted molar refractivity (Wildman–Crippen MR) is 131 cm³/mol. The molecule has 154 valence electrons. The van der Waals surface area contributed by atoms with Crippen LogP contribution in [0.3, 0.4) is 0 Å². The first-order valence-corrected chi connectivity index (χ1v) is 10.5. The number of nitrogens with one attached hydrogen (secondary N) is 2. The summed E-state index contributed by atoms with van der Waals surface area (Å²) < 4.78 is 0. The Kier molecular flexibility index (Phi) is 5.96. The summed E-state index contributed by atoms with van der Waals surface area (Å²) in [5.41, 5.74) is 11.6. The van der Waals surface area contributed by atoms with Crippen LogP contribution in [0.5, 0.6) is 0 Å². The number of thiocarbonyl (C=S) groups is 1. The molecule has 4 aromatic rings. The van der Waals surface area contributed by atoms with Crippen molar-refractivity contribution >= 4 is 40.1 Å². The maximum absolute atomic E-state index is 13.1. The topological polar surface area (TPSA) is 70.9 Å². The zero-order chi connectivity index (χ0) is 21.8. The quantitative estimate of drug-likeness (QED) is 0.257. The van der Waals surface area contributed by atoms with Gasteiger partial charge in [-0.25, -0.2) is 0 Å². The third kappa shape index (κ3) is 4.57. The summed E-state index contributed by atoms with van der Waals surface area (Å²) in [5, 5.41) is 3.36. The number of aromatic amines is 1. The molecular formula is C26H23N3OS. The third-order valence-corrected chi connectivity index (χ3v) is 5.46. The van der Waals surface area contributed by atoms with Crippen LogP contribution < -0.4 is 11.1 Å². The molecule has 0 radical (unpaired) electrons. The number of aryl methyl sites for hydroxylation is 1. The second-order valence-corrected chi connectivity index (χ2v) is 7.93. The van der Waals surface area contributed by atoms with Gasteiger partial charge in [0.25, 0.3) is 0 Å². The Morgan fingerprint density at radius 1 is 0.935 bits per heavy atom. The van der Waals surface area contributed by atoms with Crippen molar-refractivity contribution in [2.75, 3.05) is 11.1 Å². The fourth-order valence-corrected chi connectivity index (χ4v) is 3.84. The van der Waals surface area contributed by atoms with E-state index in [0.717, 1.165) is 16.8 Å². The highest BCUT2D eigenvalue weighted by atomic mass is 32.1. The van der Waals surface area contributed by atoms with Gasteiger partial charge < -0.3 is 16.0 Å². The lowest BCUT2D eigenvalue weighted by Gasteiger charge is -2.10. The van der Waals surface area contributed by atoms with E-state index in [9.17, 15) is 4.79 Å². The Morgan fingerprint density at radius 3 is 2.19 bits per heavy atom. The number of nitrogen functional groups attached to an aromatic ring is 1. The molecule has 1 aromatic heterocycles. The summed E-state index contributed by atoms with van der Waals surface area (Å²) in [6.45, 7) is 2.04. The fraction of sp³-hybridized carbons (Fsp3) is 0.0769. The highest BCUT2D eigenvalue weighted by Gasteiger charge is 2.24. The van der Waals surface area contributed by atoms with E-state index in [4.69, 9.17) is 18.0 Å². The molecule has 0 saturated carbocycles. The van der Waals surface area contributed by atoms with Crippen LogP contribution in [0.1, 0.15) is 32.7 Å². The molecule has 4 N–H and O–H groups in total. The highest BCUT2D eigenvalue weighted by Crippen LogP contribution is 2.32. The Balaban J connectivity index is 1.74. The molecule has 0 amide bonds. The standard InChI is InChI=1S/C26H23N3OS/c1-17-12-14-20(15-13-17)28-26-22(21(31)16-18-8-4-2-5-9-18)23(27)24(29-26)25(30)19-10-6-3-7-11-19/h2-15,28-29H,16,27H2,1H3. The predicted octanol–water partition coefficient (Wildman–Crippen LogP) is 5.84. The number of carbonyl (C=O) groups is 1. The van der Waals surface area contributed by atoms with Crippen LogP contribution in [0.25, 0.3) is 0 Å². The van der Waals surface area contributed by atoms with Crippen LogP contribution >= 0.6 is 12.2 Å². The van der Waals surface area contributed by atoms with Gasteiger partial charge in [-0.3, -0.25) is 4.79 Å². The maximum Gasteiger partial charge on any atom is 0.211 e. The molecule has 0 saturated heterocycles. The molecule has 0 aliphatic heterocycles. The summed E-state index contributed by atoms with van der Waals surface area (Å²) in [5.74, 6) is 0.459. The average molecular weight is 426 g/mol. The normalized spacial score (nSPS) is 10.6. The van der Waals surface area contributed by atoms with Crippen molar-refractivity contribution in [3.8, 4) is 0 Å². The molecule has 0 bridgehead atoms. The van der Waals surface area contributed by atoms with E-state index in [1.807, 2.05) is 79.7 Å². The Morgan fingerprint density at radius 2 is 1.55 bits per heavy atom. The van der Waals surface area contributed by atoms with Crippen LogP contribution in [0, 0.1) is 6.92 Å². The summed E-state index contributed by atoms with van der Waals surface area (Å²) >= 11 is 5.78. The van der Waals surface area contributed by atoms with Gasteiger partial charge in [0.2, 0.25) is 5.78 Å². The average Bonchev–Trinajstić information content (AvgIpc) is 3.12. The highest BCUT2D eigenvalue weighted by molar-refractivity contribution is 7.80. The molecule has 0 spiro atoms. The van der Waals surface area contributed by atoms with Crippen LogP contribution in [-0.4, -0.2) is 15.6 Å². The van der Waals surface area contributed by atoms with Crippen LogP contribution in [0.2, 0.25) is 0 Å². The molecule has 1 heterocycles. The number of hydrogen-bond acceptors (Lipinski definition) is 4. The number of aromatic nitrogens is 1. The SMILES string of the molecule is Cc1ccc(Nc2[nH]c(C(=O)c3ccccc3)c(N)c2C(=S)Cc2ccccc2)cc1. The van der Waals surface area contributed by atoms with Crippen molar-refractivity contribution in [1.82, 2.24) is 4.98 Å². The number of H-pyrrole nitrogens is 1. The van der Waals surface area contributed by atoms with E-state index in [2.05, 4.69) is 10.3 Å². The zero-order valence-electron chi connectivity index (χ0n) is 17.2. The van der Waals surface area contributed by atoms with Crippen LogP contribution in [-0.2, 0) is 6.42 Å². The van der Waals surface area contributed by atoms with E-state index < -0.39 is 0 Å². The number of carbonyl (C=O) groups excluding carboxylic acids is 1. The minimum atomic E-state index is -0.168. The lowest BCUT2D eigenvalue weighted by molar-refractivity contribution is 0.103. The van der Waals surface area contributed by atoms with Gasteiger partial charge in [-0.15, -0.1) is 0 Å². The summed E-state index contributed by atoms with van der Waals surface area (Å²) in [6, 6.07) is 27.1. The molecule has 4 nitrogen and oxygen atoms in total. The molecular weight excluding hydrogens is 402 g/mol. The van der Waals surface area contributed by atoms with Gasteiger partial charge in [-0.05, 0) is 24.6 Å². The first-order chi connectivity index (χ1) is 15.0. The van der Waals surface area contributed by atoms with Gasteiger partial charge in [0.05, 0.1) is 11.3 Å². The van der Waals surface area contributed by atoms with Gasteiger partial charge in [0, 0.05) is 22.5 Å². The molecule has 5 heteroatoms. The van der Waals surface area contributed by atoms with Crippen molar-refractivity contribution in [2.45, 2.75) is 13.3 Å². The number of hydrogen-bond donors (Lipinski definition) is 3. The monoisotopic (exact) mass is 425 g/mol. The van der Waals surface area contributed by atoms with Gasteiger partial charge in [0.15, 0.2) is 0 Å². The maximum atomic E-state index is 13.1. The van der Waals surface area contributed by atoms with Crippen LogP contribution in [0.4, 0.5) is 17.2 Å². The van der Waals surface area contributed by atoms with Crippen LogP contribution in [0.15, 0.2) is 84.9 Å². The van der Waals surface area contributed by atoms with Crippen molar-refractivity contribution < 1.29 is 4.79 Å². The van der Waals surface area contributed by atoms with E-state index in [0.29, 0.717) is 39.6 Å². The number of nitrogens with two attached hydrogens (primary N) is 1. The molecule has 0 aliphatic rings. The van der Waals surface area contributed by atoms with Gasteiger partial charge in [0.1, 0.15) is 11.5 Å². The number of rotatable bonds is 7. The van der Waals surface area contributed by atoms with E-state index in [1.165, 1.54) is 0 Å². The summed E-state index contributed by atoms with van der Waals surface area (Å²) in [7, 11) is 0. The molecule has 0 unspecified atom stereocenters. The smallest absolute Gasteiger partial charge is 0.211 e. The molecule has 3 aromatic carbocycles. The van der Waals surface area contributed by atoms with Crippen molar-refractivity contribution in [1.29, 1.82) is 0 Å². The summed E-state index contributed by atoms with van der Waals surface area (Å²) in [4.78, 5) is 17.0. The van der Waals surface area contributed by atoms with Gasteiger partial charge in [-0.1, -0.05) is 90.6 Å². The Hall–Kier alpha value is -3.70. The Labute approximate surface area is 187 Å². The number of anilines is 3. The second-order valence-electron chi connectivity index (χ2n) is 7.44. The lowest BCUT2D eigenvalue weighted by Crippen LogP contribution is -2.08. The van der Waals surface area contributed by atoms with Crippen molar-refractivity contribution in [2.24, 2.45) is 0 Å². The zero-order valence-corrected chi connectivity index (χ0v) is 18.0. The summed E-state index contributed by atoms with van der Waals surface area (Å²) in [6.07, 6.45) is 0.555. The first kappa shape index (κ1) is 20.6. The second kappa shape index (κ2) is 8.98. The molecule has 31 heavy (non-hydrogen) atoms. The fourth-order valence-electron chi connectivity index (χ4n) is 3.46. The van der Waals surface area contributed by atoms with E-state index >= 15 is 0 Å². The van der Waals surface area contributed by atoms with E-state index in [1.54, 1.807) is 12.1 Å². The minimum Gasteiger partial charge on any atom is -0.396 e. The first-order valence-electron chi connectivity index (χ1n) is 10.0. The Bertz CT molecular complexity index is 1210.